The Hall–Kier alpha value is -6.96. The molecule has 1 unspecified atom stereocenters. The third-order valence-electron chi connectivity index (χ3n) is 8.72. The van der Waals surface area contributed by atoms with Gasteiger partial charge in [0.05, 0.1) is 24.2 Å². The maximum absolute atomic E-state index is 14.3. The molecule has 0 spiro atoms. The molecular formula is C46H40N4O7S2. The van der Waals surface area contributed by atoms with Gasteiger partial charge >= 0.3 is 5.97 Å². The summed E-state index contributed by atoms with van der Waals surface area (Å²) in [6.45, 7) is 3.42. The summed E-state index contributed by atoms with van der Waals surface area (Å²) in [5.74, 6) is -2.02. The molecule has 4 amide bonds. The molecule has 0 aliphatic heterocycles. The van der Waals surface area contributed by atoms with Gasteiger partial charge in [-0.1, -0.05) is 84.9 Å². The largest absolute Gasteiger partial charge is 0.497 e. The minimum Gasteiger partial charge on any atom is -0.497 e. The van der Waals surface area contributed by atoms with E-state index in [4.69, 9.17) is 9.47 Å². The van der Waals surface area contributed by atoms with E-state index in [0.29, 0.717) is 44.3 Å². The summed E-state index contributed by atoms with van der Waals surface area (Å²) in [6.07, 6.45) is 1.56. The summed E-state index contributed by atoms with van der Waals surface area (Å²) in [4.78, 5) is 68.9. The lowest BCUT2D eigenvalue weighted by Crippen LogP contribution is -2.30. The second kappa shape index (κ2) is 19.9. The third-order valence-corrected chi connectivity index (χ3v) is 11.2. The number of carbonyl (C=O) groups is 5. The zero-order chi connectivity index (χ0) is 41.7. The molecular weight excluding hydrogens is 785 g/mol. The average Bonchev–Trinajstić information content (AvgIpc) is 3.58. The standard InChI is InChI=1S/C46H40N4O7S2/c1-4-57-46(55)38-29(2)39(43(53)47-33-21-12-7-13-22-33)59-45(38)50-44(54)40(31-17-8-5-9-18-31)58-36-25-15-23-34(28-36)48-42(52)37(27-30-16-14-24-35(26-30)56-3)49-41(51)32-19-10-6-11-20-32/h5-28,40H,4H2,1-3H3,(H,47,53)(H,48,52)(H,49,51)(H,50,54)/b37-27-. The van der Waals surface area contributed by atoms with Crippen LogP contribution in [-0.4, -0.2) is 43.3 Å². The highest BCUT2D eigenvalue weighted by atomic mass is 32.2. The molecule has 6 aromatic rings. The van der Waals surface area contributed by atoms with Gasteiger partial charge in [-0.05, 0) is 91.2 Å². The Balaban J connectivity index is 1.26. The van der Waals surface area contributed by atoms with Gasteiger partial charge in [0.25, 0.3) is 17.7 Å². The van der Waals surface area contributed by atoms with Crippen LogP contribution in [0, 0.1) is 6.92 Å². The molecule has 0 bridgehead atoms. The minimum absolute atomic E-state index is 0.00725. The van der Waals surface area contributed by atoms with Crippen LogP contribution in [0.1, 0.15) is 59.3 Å². The summed E-state index contributed by atoms with van der Waals surface area (Å²) in [5, 5.41) is 10.7. The zero-order valence-electron chi connectivity index (χ0n) is 32.3. The number of thiophene rings is 1. The molecule has 11 nitrogen and oxygen atoms in total. The van der Waals surface area contributed by atoms with E-state index < -0.39 is 34.8 Å². The fraction of sp³-hybridized carbons (Fsp3) is 0.109. The molecule has 0 radical (unpaired) electrons. The van der Waals surface area contributed by atoms with E-state index in [1.165, 1.54) is 11.8 Å². The number of esters is 1. The van der Waals surface area contributed by atoms with E-state index in [-0.39, 0.29) is 27.7 Å². The molecule has 5 aromatic carbocycles. The van der Waals surface area contributed by atoms with Crippen molar-refractivity contribution in [1.29, 1.82) is 0 Å². The highest BCUT2D eigenvalue weighted by molar-refractivity contribution is 8.00. The Kier molecular flexibility index (Phi) is 14.1. The van der Waals surface area contributed by atoms with Crippen molar-refractivity contribution in [1.82, 2.24) is 5.32 Å². The van der Waals surface area contributed by atoms with Crippen molar-refractivity contribution in [2.75, 3.05) is 29.7 Å². The van der Waals surface area contributed by atoms with Crippen molar-refractivity contribution in [3.8, 4) is 5.75 Å². The van der Waals surface area contributed by atoms with E-state index >= 15 is 0 Å². The first-order valence-corrected chi connectivity index (χ1v) is 20.2. The lowest BCUT2D eigenvalue weighted by molar-refractivity contribution is -0.116. The molecule has 1 aromatic heterocycles. The van der Waals surface area contributed by atoms with Gasteiger partial charge < -0.3 is 30.7 Å². The number of carbonyl (C=O) groups excluding carboxylic acids is 5. The Morgan fingerprint density at radius 2 is 1.39 bits per heavy atom. The van der Waals surface area contributed by atoms with Crippen LogP contribution in [0.25, 0.3) is 6.08 Å². The van der Waals surface area contributed by atoms with Crippen molar-refractivity contribution >= 4 is 75.1 Å². The molecule has 0 saturated heterocycles. The van der Waals surface area contributed by atoms with Crippen LogP contribution in [0.4, 0.5) is 16.4 Å². The summed E-state index contributed by atoms with van der Waals surface area (Å²) < 4.78 is 10.7. The second-order valence-corrected chi connectivity index (χ2v) is 15.0. The first-order chi connectivity index (χ1) is 28.6. The van der Waals surface area contributed by atoms with Crippen molar-refractivity contribution in [3.63, 3.8) is 0 Å². The topological polar surface area (TPSA) is 152 Å². The number of hydrogen-bond donors (Lipinski definition) is 4. The van der Waals surface area contributed by atoms with Gasteiger partial charge in [-0.2, -0.15) is 0 Å². The fourth-order valence-electron chi connectivity index (χ4n) is 5.88. The summed E-state index contributed by atoms with van der Waals surface area (Å²) in [6, 6.07) is 40.6. The predicted molar refractivity (Wildman–Crippen MR) is 233 cm³/mol. The normalized spacial score (nSPS) is 11.5. The van der Waals surface area contributed by atoms with E-state index in [1.54, 1.807) is 130 Å². The first kappa shape index (κ1) is 41.7. The number of hydrogen-bond acceptors (Lipinski definition) is 9. The number of methoxy groups -OCH3 is 1. The molecule has 59 heavy (non-hydrogen) atoms. The van der Waals surface area contributed by atoms with Crippen LogP contribution in [0.15, 0.2) is 150 Å². The predicted octanol–water partition coefficient (Wildman–Crippen LogP) is 9.38. The average molecular weight is 825 g/mol. The molecule has 1 heterocycles. The summed E-state index contributed by atoms with van der Waals surface area (Å²) in [7, 11) is 1.54. The maximum Gasteiger partial charge on any atom is 0.341 e. The van der Waals surface area contributed by atoms with Crippen LogP contribution in [0.5, 0.6) is 5.75 Å². The van der Waals surface area contributed by atoms with Gasteiger partial charge in [0.1, 0.15) is 21.7 Å². The Morgan fingerprint density at radius 1 is 0.729 bits per heavy atom. The number of anilines is 3. The number of amides is 4. The van der Waals surface area contributed by atoms with Gasteiger partial charge in [0.15, 0.2) is 0 Å². The molecule has 13 heteroatoms. The van der Waals surface area contributed by atoms with Gasteiger partial charge in [-0.25, -0.2) is 4.79 Å². The number of rotatable bonds is 15. The zero-order valence-corrected chi connectivity index (χ0v) is 33.9. The van der Waals surface area contributed by atoms with Crippen molar-refractivity contribution in [2.45, 2.75) is 24.0 Å². The van der Waals surface area contributed by atoms with Crippen LogP contribution < -0.4 is 26.0 Å². The van der Waals surface area contributed by atoms with Crippen LogP contribution >= 0.6 is 23.1 Å². The lowest BCUT2D eigenvalue weighted by atomic mass is 10.1. The van der Waals surface area contributed by atoms with E-state index in [9.17, 15) is 24.0 Å². The van der Waals surface area contributed by atoms with Gasteiger partial charge in [-0.3, -0.25) is 19.2 Å². The maximum atomic E-state index is 14.3. The molecule has 0 aliphatic rings. The second-order valence-electron chi connectivity index (χ2n) is 12.8. The molecule has 4 N–H and O–H groups in total. The fourth-order valence-corrected chi connectivity index (χ4v) is 8.05. The molecule has 0 fully saturated rings. The van der Waals surface area contributed by atoms with Gasteiger partial charge in [0, 0.05) is 21.8 Å². The molecule has 298 valence electrons. The van der Waals surface area contributed by atoms with Crippen LogP contribution in [0.2, 0.25) is 0 Å². The Morgan fingerprint density at radius 3 is 2.08 bits per heavy atom. The Labute approximate surface area is 349 Å². The summed E-state index contributed by atoms with van der Waals surface area (Å²) >= 11 is 2.21. The highest BCUT2D eigenvalue weighted by Crippen LogP contribution is 2.40. The molecule has 0 saturated carbocycles. The number of nitrogens with one attached hydrogen (secondary N) is 4. The molecule has 0 aliphatic carbocycles. The summed E-state index contributed by atoms with van der Waals surface area (Å²) in [5.41, 5.74) is 3.13. The van der Waals surface area contributed by atoms with Crippen molar-refractivity contribution in [3.05, 3.63) is 178 Å². The van der Waals surface area contributed by atoms with Crippen LogP contribution in [0.3, 0.4) is 0 Å². The molecule has 1 atom stereocenters. The van der Waals surface area contributed by atoms with Crippen molar-refractivity contribution < 1.29 is 33.4 Å². The monoisotopic (exact) mass is 824 g/mol. The van der Waals surface area contributed by atoms with Gasteiger partial charge in [-0.15, -0.1) is 23.1 Å². The van der Waals surface area contributed by atoms with Crippen molar-refractivity contribution in [2.24, 2.45) is 0 Å². The number of benzene rings is 5. The lowest BCUT2D eigenvalue weighted by Gasteiger charge is -2.18. The van der Waals surface area contributed by atoms with E-state index in [0.717, 1.165) is 11.3 Å². The molecule has 6 rings (SSSR count). The SMILES string of the molecule is CCOC(=O)c1c(NC(=O)C(Sc2cccc(NC(=O)/C(=C/c3cccc(OC)c3)NC(=O)c3ccccc3)c2)c2ccccc2)sc(C(=O)Nc2ccccc2)c1C. The number of para-hydroxylation sites is 1. The number of thioether (sulfide) groups is 1. The highest BCUT2D eigenvalue weighted by Gasteiger charge is 2.30. The van der Waals surface area contributed by atoms with E-state index in [2.05, 4.69) is 21.3 Å². The third kappa shape index (κ3) is 10.9. The Bertz CT molecular complexity index is 2490. The minimum atomic E-state index is -0.838. The van der Waals surface area contributed by atoms with Gasteiger partial charge in [0.2, 0.25) is 5.91 Å². The van der Waals surface area contributed by atoms with Crippen LogP contribution in [-0.2, 0) is 14.3 Å². The first-order valence-electron chi connectivity index (χ1n) is 18.5. The van der Waals surface area contributed by atoms with E-state index in [1.807, 2.05) is 36.4 Å². The quantitative estimate of drug-likeness (QED) is 0.0454. The smallest absolute Gasteiger partial charge is 0.341 e. The number of ether oxygens (including phenoxy) is 2.